The highest BCUT2D eigenvalue weighted by Crippen LogP contribution is 2.44. The van der Waals surface area contributed by atoms with Crippen molar-refractivity contribution in [3.05, 3.63) is 113 Å². The predicted molar refractivity (Wildman–Crippen MR) is 152 cm³/mol. The number of nitrogens with zero attached hydrogens (tertiary/aromatic N) is 3. The van der Waals surface area contributed by atoms with Gasteiger partial charge in [0.15, 0.2) is 0 Å². The monoisotopic (exact) mass is 508 g/mol. The quantitative estimate of drug-likeness (QED) is 0.271. The van der Waals surface area contributed by atoms with Gasteiger partial charge < -0.3 is 10.0 Å². The van der Waals surface area contributed by atoms with Crippen LogP contribution in [0.5, 0.6) is 0 Å². The number of rotatable bonds is 7. The van der Waals surface area contributed by atoms with Crippen molar-refractivity contribution < 1.29 is 16.8 Å². The van der Waals surface area contributed by atoms with Gasteiger partial charge in [0, 0.05) is 40.2 Å². The largest absolute Gasteiger partial charge is 0.478 e. The van der Waals surface area contributed by atoms with Crippen molar-refractivity contribution >= 4 is 17.7 Å². The van der Waals surface area contributed by atoms with E-state index >= 15 is 0 Å². The number of hydrogen-bond acceptors (Lipinski definition) is 3. The molecule has 2 aliphatic rings. The first-order valence-corrected chi connectivity index (χ1v) is 13.0. The van der Waals surface area contributed by atoms with E-state index in [1.807, 2.05) is 18.2 Å². The minimum Gasteiger partial charge on any atom is -0.478 e. The Morgan fingerprint density at radius 2 is 1.84 bits per heavy atom. The summed E-state index contributed by atoms with van der Waals surface area (Å²) in [6.45, 7) is -3.27. The van der Waals surface area contributed by atoms with E-state index in [-0.39, 0.29) is 12.1 Å². The smallest absolute Gasteiger partial charge is 0.328 e. The first-order valence-electron chi connectivity index (χ1n) is 15.5. The molecule has 3 aromatic carbocycles. The molecule has 1 aliphatic heterocycles. The lowest BCUT2D eigenvalue weighted by molar-refractivity contribution is -0.131. The molecule has 192 valence electrons. The second kappa shape index (κ2) is 9.97. The lowest BCUT2D eigenvalue weighted by Gasteiger charge is -2.44. The molecule has 0 radical (unpaired) electrons. The van der Waals surface area contributed by atoms with Crippen LogP contribution in [0, 0.1) is 0 Å². The number of aryl methyl sites for hydroxylation is 1. The summed E-state index contributed by atoms with van der Waals surface area (Å²) in [5.41, 5.74) is 8.20. The first kappa shape index (κ1) is 19.0. The molecule has 6 rings (SSSR count). The molecule has 5 nitrogen and oxygen atoms in total. The normalized spacial score (nSPS) is 21.7. The summed E-state index contributed by atoms with van der Waals surface area (Å²) in [5, 5.41) is 13.1. The van der Waals surface area contributed by atoms with Gasteiger partial charge in [0.05, 0.1) is 15.0 Å². The molecular weight excluding hydrogens is 470 g/mol. The zero-order chi connectivity index (χ0) is 30.5. The fourth-order valence-electron chi connectivity index (χ4n) is 5.62. The summed E-state index contributed by atoms with van der Waals surface area (Å²) in [5.74, 6) is -0.315. The Hall–Kier alpha value is -4.12. The summed E-state index contributed by atoms with van der Waals surface area (Å²) >= 11 is 0. The van der Waals surface area contributed by atoms with E-state index in [0.717, 1.165) is 50.7 Å². The molecule has 2 atom stereocenters. The third-order valence-electron chi connectivity index (χ3n) is 7.65. The minimum absolute atomic E-state index is 0.0931. The number of hydrogen-bond donors (Lipinski definition) is 1. The van der Waals surface area contributed by atoms with Gasteiger partial charge in [-0.3, -0.25) is 4.68 Å². The van der Waals surface area contributed by atoms with E-state index in [1.54, 1.807) is 6.08 Å². The molecule has 5 heteroatoms. The Morgan fingerprint density at radius 1 is 1.08 bits per heavy atom. The summed E-state index contributed by atoms with van der Waals surface area (Å²) in [6.07, 6.45) is 8.96. The van der Waals surface area contributed by atoms with E-state index in [0.29, 0.717) is 11.5 Å². The Balaban J connectivity index is 1.39. The molecule has 1 unspecified atom stereocenters. The Bertz CT molecular complexity index is 1670. The van der Waals surface area contributed by atoms with E-state index in [9.17, 15) is 4.79 Å². The van der Waals surface area contributed by atoms with E-state index in [4.69, 9.17) is 12.0 Å². The molecule has 1 aromatic heterocycles. The van der Waals surface area contributed by atoms with Gasteiger partial charge >= 0.3 is 5.97 Å². The van der Waals surface area contributed by atoms with E-state index in [1.165, 1.54) is 30.8 Å². The summed E-state index contributed by atoms with van der Waals surface area (Å²) in [6, 6.07) is 23.1. The van der Waals surface area contributed by atoms with Crippen LogP contribution >= 0.6 is 0 Å². The Labute approximate surface area is 231 Å². The van der Waals surface area contributed by atoms with Gasteiger partial charge in [-0.15, -0.1) is 0 Å². The van der Waals surface area contributed by atoms with Gasteiger partial charge in [-0.25, -0.2) is 4.79 Å². The topological polar surface area (TPSA) is 58.4 Å². The van der Waals surface area contributed by atoms with Crippen molar-refractivity contribution in [2.24, 2.45) is 0 Å². The highest BCUT2D eigenvalue weighted by atomic mass is 16.4. The van der Waals surface area contributed by atoms with Crippen LogP contribution in [0.15, 0.2) is 85.2 Å². The van der Waals surface area contributed by atoms with Crippen LogP contribution < -0.4 is 4.90 Å². The number of carboxylic acid groups (broad SMARTS) is 1. The highest BCUT2D eigenvalue weighted by Gasteiger charge is 2.34. The van der Waals surface area contributed by atoms with Crippen LogP contribution in [-0.4, -0.2) is 26.9 Å². The fraction of sp³-hybridized carbons (Fsp3) is 0.273. The maximum Gasteiger partial charge on any atom is 0.328 e. The van der Waals surface area contributed by atoms with E-state index < -0.39 is 19.3 Å². The Morgan fingerprint density at radius 3 is 2.55 bits per heavy atom. The maximum atomic E-state index is 11.0. The van der Waals surface area contributed by atoms with Crippen molar-refractivity contribution in [2.75, 3.05) is 4.90 Å². The maximum absolute atomic E-state index is 11.0. The highest BCUT2D eigenvalue weighted by molar-refractivity contribution is 5.85. The Kier molecular flexibility index (Phi) is 4.99. The number of aliphatic carboxylic acids is 1. The van der Waals surface area contributed by atoms with Crippen LogP contribution in [0.4, 0.5) is 5.69 Å². The molecule has 38 heavy (non-hydrogen) atoms. The van der Waals surface area contributed by atoms with Crippen molar-refractivity contribution in [1.29, 1.82) is 0 Å². The standard InChI is InChI=1S/C33H33N3O2/c1-3-35-21-29(20-34-35)27-13-16-31-28(19-27)18-22(2)36(30-14-11-25(12-15-30)24-9-10-24)33(31)26-7-4-23(5-8-26)6-17-32(37)38/h4-8,11-17,19-22,24,33H,3,9-10,18H2,1-2H3,(H,37,38)/b17-6+/t22-,33?/m1/s1/i1D3,3D2. The van der Waals surface area contributed by atoms with Crippen LogP contribution in [0.1, 0.15) is 73.2 Å². The van der Waals surface area contributed by atoms with Gasteiger partial charge in [-0.05, 0) is 90.5 Å². The minimum atomic E-state index is -2.85. The molecular formula is C33H33N3O2. The average molecular weight is 509 g/mol. The third-order valence-corrected chi connectivity index (χ3v) is 7.65. The van der Waals surface area contributed by atoms with Crippen molar-refractivity contribution in [2.45, 2.75) is 57.5 Å². The van der Waals surface area contributed by atoms with Crippen LogP contribution in [0.25, 0.3) is 17.2 Å². The molecule has 1 aliphatic carbocycles. The van der Waals surface area contributed by atoms with Gasteiger partial charge in [0.25, 0.3) is 0 Å². The summed E-state index contributed by atoms with van der Waals surface area (Å²) in [4.78, 5) is 13.5. The molecule has 2 heterocycles. The third kappa shape index (κ3) is 4.76. The van der Waals surface area contributed by atoms with Gasteiger partial charge in [-0.2, -0.15) is 5.10 Å². The molecule has 0 bridgehead atoms. The zero-order valence-corrected chi connectivity index (χ0v) is 21.2. The number of carbonyl (C=O) groups is 1. The predicted octanol–water partition coefficient (Wildman–Crippen LogP) is 7.09. The SMILES string of the molecule is [2H]C([2H])([2H])C([2H])([2H])n1cc(-c2ccc3c(c2)C[C@@H](C)N(c2ccc(C4CC4)cc2)C3c2ccc(/C=C/C(=O)O)cc2)cn1. The van der Waals surface area contributed by atoms with E-state index in [2.05, 4.69) is 65.5 Å². The lowest BCUT2D eigenvalue weighted by atomic mass is 9.83. The molecule has 0 spiro atoms. The van der Waals surface area contributed by atoms with Gasteiger partial charge in [0.1, 0.15) is 0 Å². The fourth-order valence-corrected chi connectivity index (χ4v) is 5.62. The van der Waals surface area contributed by atoms with Crippen molar-refractivity contribution in [3.8, 4) is 11.1 Å². The van der Waals surface area contributed by atoms with Crippen LogP contribution in [-0.2, 0) is 17.7 Å². The van der Waals surface area contributed by atoms with Crippen molar-refractivity contribution in [3.63, 3.8) is 0 Å². The molecule has 0 amide bonds. The number of anilines is 1. The number of fused-ring (bicyclic) bond motifs is 1. The van der Waals surface area contributed by atoms with Gasteiger partial charge in [-0.1, -0.05) is 54.6 Å². The molecule has 1 saturated carbocycles. The van der Waals surface area contributed by atoms with Crippen LogP contribution in [0.3, 0.4) is 0 Å². The second-order valence-electron chi connectivity index (χ2n) is 10.3. The van der Waals surface area contributed by atoms with Crippen LogP contribution in [0.2, 0.25) is 0 Å². The molecule has 4 aromatic rings. The summed E-state index contributed by atoms with van der Waals surface area (Å²) in [7, 11) is 0. The number of benzene rings is 3. The molecule has 1 fully saturated rings. The number of aromatic nitrogens is 2. The lowest BCUT2D eigenvalue weighted by Crippen LogP contribution is -2.42. The van der Waals surface area contributed by atoms with Gasteiger partial charge in [0.2, 0.25) is 0 Å². The zero-order valence-electron chi connectivity index (χ0n) is 26.2. The molecule has 1 N–H and O–H groups in total. The molecule has 0 saturated heterocycles. The summed E-state index contributed by atoms with van der Waals surface area (Å²) < 4.78 is 39.8. The average Bonchev–Trinajstić information content (AvgIpc) is 3.70. The first-order chi connectivity index (χ1) is 20.4. The number of carboxylic acids is 1. The second-order valence-corrected chi connectivity index (χ2v) is 10.3. The van der Waals surface area contributed by atoms with Crippen molar-refractivity contribution in [1.82, 2.24) is 9.78 Å².